The van der Waals surface area contributed by atoms with Crippen LogP contribution in [0.1, 0.15) is 15.9 Å². The Balaban J connectivity index is 2.66. The lowest BCUT2D eigenvalue weighted by Crippen LogP contribution is -2.09. The number of anilines is 2. The summed E-state index contributed by atoms with van der Waals surface area (Å²) in [4.78, 5) is 12.4. The Morgan fingerprint density at radius 2 is 1.95 bits per heavy atom. The summed E-state index contributed by atoms with van der Waals surface area (Å²) in [5.41, 5.74) is 11.3. The summed E-state index contributed by atoms with van der Waals surface area (Å²) in [6.07, 6.45) is 0. The third-order valence-corrected chi connectivity index (χ3v) is 3.87. The Morgan fingerprint density at radius 3 is 2.60 bits per heavy atom. The van der Waals surface area contributed by atoms with Crippen LogP contribution in [-0.2, 0) is 0 Å². The van der Waals surface area contributed by atoms with Gasteiger partial charge in [0, 0.05) is 17.3 Å². The zero-order valence-electron chi connectivity index (χ0n) is 9.95. The lowest BCUT2D eigenvalue weighted by molar-refractivity contribution is 0.103. The quantitative estimate of drug-likeness (QED) is 0.436. The molecule has 0 atom stereocenters. The van der Waals surface area contributed by atoms with Crippen LogP contribution in [0, 0.1) is 5.82 Å². The number of ketones is 1. The fourth-order valence-electron chi connectivity index (χ4n) is 1.71. The van der Waals surface area contributed by atoms with Crippen molar-refractivity contribution in [2.24, 2.45) is 0 Å². The van der Waals surface area contributed by atoms with Crippen LogP contribution in [0.5, 0.6) is 5.75 Å². The van der Waals surface area contributed by atoms with Crippen molar-refractivity contribution in [1.29, 1.82) is 0 Å². The van der Waals surface area contributed by atoms with E-state index in [1.807, 2.05) is 0 Å². The van der Waals surface area contributed by atoms with E-state index >= 15 is 0 Å². The van der Waals surface area contributed by atoms with Crippen LogP contribution in [0.15, 0.2) is 28.7 Å². The molecule has 2 aromatic carbocycles. The van der Waals surface area contributed by atoms with Crippen molar-refractivity contribution in [3.63, 3.8) is 0 Å². The van der Waals surface area contributed by atoms with E-state index in [9.17, 15) is 14.3 Å². The lowest BCUT2D eigenvalue weighted by atomic mass is 10.0. The number of hydrogen-bond donors (Lipinski definition) is 3. The van der Waals surface area contributed by atoms with Gasteiger partial charge >= 0.3 is 0 Å². The second kappa shape index (κ2) is 5.30. The number of benzene rings is 2. The number of hydrogen-bond acceptors (Lipinski definition) is 4. The van der Waals surface area contributed by atoms with Crippen molar-refractivity contribution in [3.05, 3.63) is 50.7 Å². The monoisotopic (exact) mass is 358 g/mol. The number of carbonyl (C=O) groups excluding carboxylic acids is 1. The highest BCUT2D eigenvalue weighted by molar-refractivity contribution is 9.10. The lowest BCUT2D eigenvalue weighted by Gasteiger charge is -2.12. The average Bonchev–Trinajstić information content (AvgIpc) is 2.39. The minimum absolute atomic E-state index is 0.00824. The van der Waals surface area contributed by atoms with Crippen LogP contribution in [0.4, 0.5) is 15.8 Å². The zero-order chi connectivity index (χ0) is 15.0. The normalized spacial score (nSPS) is 10.6. The van der Waals surface area contributed by atoms with Gasteiger partial charge in [0.15, 0.2) is 5.78 Å². The number of halogens is 3. The highest BCUT2D eigenvalue weighted by atomic mass is 79.9. The second-order valence-corrected chi connectivity index (χ2v) is 5.24. The van der Waals surface area contributed by atoms with Gasteiger partial charge in [-0.25, -0.2) is 4.39 Å². The van der Waals surface area contributed by atoms with Crippen molar-refractivity contribution in [1.82, 2.24) is 0 Å². The highest BCUT2D eigenvalue weighted by Crippen LogP contribution is 2.38. The molecule has 0 aromatic heterocycles. The third kappa shape index (κ3) is 2.44. The maximum Gasteiger partial charge on any atom is 0.197 e. The molecule has 0 spiro atoms. The van der Waals surface area contributed by atoms with Crippen molar-refractivity contribution in [3.8, 4) is 5.75 Å². The van der Waals surface area contributed by atoms with Crippen LogP contribution < -0.4 is 11.5 Å². The van der Waals surface area contributed by atoms with Crippen molar-refractivity contribution in [2.45, 2.75) is 0 Å². The van der Waals surface area contributed by atoms with E-state index in [0.29, 0.717) is 0 Å². The van der Waals surface area contributed by atoms with Crippen molar-refractivity contribution in [2.75, 3.05) is 11.5 Å². The Morgan fingerprint density at radius 1 is 1.30 bits per heavy atom. The summed E-state index contributed by atoms with van der Waals surface area (Å²) in [6.45, 7) is 0. The molecule has 0 saturated heterocycles. The molecule has 0 fully saturated rings. The molecule has 104 valence electrons. The van der Waals surface area contributed by atoms with E-state index < -0.39 is 11.6 Å². The smallest absolute Gasteiger partial charge is 0.197 e. The molecule has 0 aliphatic carbocycles. The number of nitrogen functional groups attached to an aromatic ring is 2. The Labute approximate surface area is 127 Å². The van der Waals surface area contributed by atoms with Gasteiger partial charge in [0.25, 0.3) is 0 Å². The predicted octanol–water partition coefficient (Wildman–Crippen LogP) is 3.34. The molecule has 0 unspecified atom stereocenters. The maximum absolute atomic E-state index is 13.2. The molecule has 7 heteroatoms. The molecule has 5 N–H and O–H groups in total. The van der Waals surface area contributed by atoms with Gasteiger partial charge in [-0.05, 0) is 34.1 Å². The Hall–Kier alpha value is -1.79. The molecule has 0 radical (unpaired) electrons. The van der Waals surface area contributed by atoms with Gasteiger partial charge in [0.05, 0.1) is 20.7 Å². The number of rotatable bonds is 2. The topological polar surface area (TPSA) is 89.3 Å². The van der Waals surface area contributed by atoms with Gasteiger partial charge in [-0.3, -0.25) is 4.79 Å². The van der Waals surface area contributed by atoms with Crippen LogP contribution in [-0.4, -0.2) is 10.9 Å². The fourth-order valence-corrected chi connectivity index (χ4v) is 2.52. The van der Waals surface area contributed by atoms with Crippen LogP contribution in [0.3, 0.4) is 0 Å². The first-order chi connectivity index (χ1) is 9.32. The standard InChI is InChI=1S/C13H9BrClFN2O2/c14-11-10(8(17)4-9(19)12(11)18)13(20)6-3-5(16)1-2-7(6)15/h1-4,19H,17-18H2. The van der Waals surface area contributed by atoms with Crippen LogP contribution >= 0.6 is 27.5 Å². The molecule has 2 aromatic rings. The van der Waals surface area contributed by atoms with E-state index in [-0.39, 0.29) is 37.7 Å². The van der Waals surface area contributed by atoms with E-state index in [2.05, 4.69) is 15.9 Å². The highest BCUT2D eigenvalue weighted by Gasteiger charge is 2.22. The number of nitrogens with two attached hydrogens (primary N) is 2. The van der Waals surface area contributed by atoms with Crippen molar-refractivity contribution < 1.29 is 14.3 Å². The van der Waals surface area contributed by atoms with E-state index in [4.69, 9.17) is 23.1 Å². The maximum atomic E-state index is 13.2. The molecule has 0 aliphatic rings. The molecule has 0 bridgehead atoms. The number of phenols is 1. The zero-order valence-corrected chi connectivity index (χ0v) is 12.3. The average molecular weight is 360 g/mol. The summed E-state index contributed by atoms with van der Waals surface area (Å²) >= 11 is 8.99. The molecule has 0 saturated carbocycles. The number of phenolic OH excluding ortho intramolecular Hbond substituents is 1. The summed E-state index contributed by atoms with van der Waals surface area (Å²) in [5, 5.41) is 9.62. The molecule has 2 rings (SSSR count). The van der Waals surface area contributed by atoms with Crippen LogP contribution in [0.25, 0.3) is 0 Å². The second-order valence-electron chi connectivity index (χ2n) is 4.04. The summed E-state index contributed by atoms with van der Waals surface area (Å²) in [7, 11) is 0. The van der Waals surface area contributed by atoms with Gasteiger partial charge in [0.1, 0.15) is 11.6 Å². The molecular formula is C13H9BrClFN2O2. The van der Waals surface area contributed by atoms with Gasteiger partial charge in [-0.1, -0.05) is 11.6 Å². The molecule has 0 amide bonds. The summed E-state index contributed by atoms with van der Waals surface area (Å²) < 4.78 is 13.4. The first-order valence-electron chi connectivity index (χ1n) is 5.39. The Kier molecular flexibility index (Phi) is 3.87. The van der Waals surface area contributed by atoms with E-state index in [1.54, 1.807) is 0 Å². The first kappa shape index (κ1) is 14.6. The fraction of sp³-hybridized carbons (Fsp3) is 0. The van der Waals surface area contributed by atoms with Crippen molar-refractivity contribution >= 4 is 44.7 Å². The molecule has 4 nitrogen and oxygen atoms in total. The summed E-state index contributed by atoms with van der Waals surface area (Å²) in [6, 6.07) is 4.58. The minimum Gasteiger partial charge on any atom is -0.506 e. The summed E-state index contributed by atoms with van der Waals surface area (Å²) in [5.74, 6) is -1.44. The van der Waals surface area contributed by atoms with E-state index in [0.717, 1.165) is 18.2 Å². The Bertz CT molecular complexity index is 722. The molecule has 0 aliphatic heterocycles. The SMILES string of the molecule is Nc1cc(O)c(N)c(Br)c1C(=O)c1cc(F)ccc1Cl. The van der Waals surface area contributed by atoms with Crippen LogP contribution in [0.2, 0.25) is 5.02 Å². The third-order valence-electron chi connectivity index (χ3n) is 2.71. The molecular weight excluding hydrogens is 351 g/mol. The number of carbonyl (C=O) groups is 1. The predicted molar refractivity (Wildman–Crippen MR) is 79.5 cm³/mol. The van der Waals surface area contributed by atoms with E-state index in [1.165, 1.54) is 6.07 Å². The number of aromatic hydroxyl groups is 1. The van der Waals surface area contributed by atoms with Gasteiger partial charge in [-0.2, -0.15) is 0 Å². The molecule has 20 heavy (non-hydrogen) atoms. The molecule has 0 heterocycles. The van der Waals surface area contributed by atoms with Gasteiger partial charge in [0.2, 0.25) is 0 Å². The van der Waals surface area contributed by atoms with Gasteiger partial charge in [-0.15, -0.1) is 0 Å². The van der Waals surface area contributed by atoms with Gasteiger partial charge < -0.3 is 16.6 Å². The first-order valence-corrected chi connectivity index (χ1v) is 6.56. The minimum atomic E-state index is -0.598. The largest absolute Gasteiger partial charge is 0.506 e.